The number of nitrogens with two attached hydrogens (primary N) is 4. The number of amides is 2. The van der Waals surface area contributed by atoms with Gasteiger partial charge in [-0.15, -0.1) is 0 Å². The van der Waals surface area contributed by atoms with Gasteiger partial charge in [0.15, 0.2) is 5.96 Å². The summed E-state index contributed by atoms with van der Waals surface area (Å²) >= 11 is 0. The first-order valence-corrected chi connectivity index (χ1v) is 6.66. The van der Waals surface area contributed by atoms with Crippen molar-refractivity contribution in [1.82, 2.24) is 5.32 Å². The lowest BCUT2D eigenvalue weighted by molar-refractivity contribution is -0.127. The van der Waals surface area contributed by atoms with Crippen LogP contribution in [0, 0.1) is 5.92 Å². The fourth-order valence-electron chi connectivity index (χ4n) is 1.09. The lowest BCUT2D eigenvalue weighted by Crippen LogP contribution is -2.36. The van der Waals surface area contributed by atoms with Gasteiger partial charge in [-0.1, -0.05) is 13.8 Å². The molecule has 0 bridgehead atoms. The zero-order valence-electron chi connectivity index (χ0n) is 12.4. The maximum atomic E-state index is 11.4. The first kappa shape index (κ1) is 20.5. The van der Waals surface area contributed by atoms with Gasteiger partial charge in [0.1, 0.15) is 0 Å². The average Bonchev–Trinajstić information content (AvgIpc) is 2.40. The van der Waals surface area contributed by atoms with Crippen molar-refractivity contribution in [3.63, 3.8) is 0 Å². The van der Waals surface area contributed by atoms with E-state index in [-0.39, 0.29) is 24.3 Å². The minimum absolute atomic E-state index is 0.0471. The molecule has 0 aliphatic rings. The third-order valence-electron chi connectivity index (χ3n) is 2.26. The molecule has 0 aromatic carbocycles. The molecule has 0 fully saturated rings. The van der Waals surface area contributed by atoms with E-state index < -0.39 is 5.91 Å². The van der Waals surface area contributed by atoms with Crippen LogP contribution in [0.5, 0.6) is 0 Å². The molecule has 118 valence electrons. The smallest absolute Gasteiger partial charge is 0.236 e. The summed E-state index contributed by atoms with van der Waals surface area (Å²) < 4.78 is 0. The van der Waals surface area contributed by atoms with Crippen LogP contribution >= 0.6 is 0 Å². The number of hydrogen-bond donors (Lipinski definition) is 5. The van der Waals surface area contributed by atoms with E-state index in [0.717, 1.165) is 13.0 Å². The number of primary amides is 1. The molecule has 0 aliphatic carbocycles. The van der Waals surface area contributed by atoms with E-state index in [1.165, 1.54) is 0 Å². The molecule has 0 aromatic heterocycles. The van der Waals surface area contributed by atoms with Crippen molar-refractivity contribution in [1.29, 1.82) is 0 Å². The summed E-state index contributed by atoms with van der Waals surface area (Å²) in [5, 5.41) is 2.43. The molecule has 20 heavy (non-hydrogen) atoms. The Hall–Kier alpha value is -1.83. The number of nitrogens with zero attached hydrogens (tertiary/aromatic N) is 1. The van der Waals surface area contributed by atoms with E-state index >= 15 is 0 Å². The predicted molar refractivity (Wildman–Crippen MR) is 80.6 cm³/mol. The zero-order chi connectivity index (χ0) is 16.0. The lowest BCUT2D eigenvalue weighted by atomic mass is 10.1. The minimum atomic E-state index is -0.555. The second-order valence-electron chi connectivity index (χ2n) is 4.32. The van der Waals surface area contributed by atoms with Crippen molar-refractivity contribution >= 4 is 17.8 Å². The van der Waals surface area contributed by atoms with Crippen LogP contribution in [-0.4, -0.2) is 37.4 Å². The lowest BCUT2D eigenvalue weighted by Gasteiger charge is -2.10. The van der Waals surface area contributed by atoms with Gasteiger partial charge in [0, 0.05) is 12.5 Å². The molecule has 0 saturated carbocycles. The van der Waals surface area contributed by atoms with Crippen LogP contribution in [0.25, 0.3) is 0 Å². The van der Waals surface area contributed by atoms with Crippen LogP contribution in [0.15, 0.2) is 4.99 Å². The Morgan fingerprint density at radius 1 is 1.25 bits per heavy atom. The van der Waals surface area contributed by atoms with Crippen molar-refractivity contribution in [2.75, 3.05) is 19.6 Å². The number of rotatable bonds is 8. The summed E-state index contributed by atoms with van der Waals surface area (Å²) in [7, 11) is 0. The second-order valence-corrected chi connectivity index (χ2v) is 4.32. The highest BCUT2D eigenvalue weighted by Crippen LogP contribution is 2.05. The SMILES string of the molecule is CCCN.C[C@@H](CCCN=C(N)N)C(=O)NCC(N)=O. The van der Waals surface area contributed by atoms with E-state index in [2.05, 4.69) is 17.2 Å². The van der Waals surface area contributed by atoms with E-state index in [9.17, 15) is 9.59 Å². The fourth-order valence-corrected chi connectivity index (χ4v) is 1.09. The van der Waals surface area contributed by atoms with Gasteiger partial charge >= 0.3 is 0 Å². The molecule has 8 heteroatoms. The van der Waals surface area contributed by atoms with Gasteiger partial charge in [-0.2, -0.15) is 0 Å². The largest absolute Gasteiger partial charge is 0.370 e. The number of nitrogens with one attached hydrogen (secondary N) is 1. The summed E-state index contributed by atoms with van der Waals surface area (Å²) in [6, 6.07) is 0. The summed E-state index contributed by atoms with van der Waals surface area (Å²) in [4.78, 5) is 25.6. The maximum absolute atomic E-state index is 11.4. The summed E-state index contributed by atoms with van der Waals surface area (Å²) in [6.45, 7) is 5.01. The molecule has 8 nitrogen and oxygen atoms in total. The van der Waals surface area contributed by atoms with Crippen molar-refractivity contribution in [3.05, 3.63) is 0 Å². The van der Waals surface area contributed by atoms with Gasteiger partial charge in [0.25, 0.3) is 0 Å². The summed E-state index contributed by atoms with van der Waals surface area (Å²) in [6.07, 6.45) is 2.46. The Balaban J connectivity index is 0. The normalized spacial score (nSPS) is 10.8. The van der Waals surface area contributed by atoms with Crippen LogP contribution < -0.4 is 28.3 Å². The molecule has 0 radical (unpaired) electrons. The van der Waals surface area contributed by atoms with Crippen molar-refractivity contribution < 1.29 is 9.59 Å². The summed E-state index contributed by atoms with van der Waals surface area (Å²) in [5.74, 6) is -0.885. The minimum Gasteiger partial charge on any atom is -0.370 e. The Kier molecular flexibility index (Phi) is 13.9. The number of carbonyl (C=O) groups is 2. The third kappa shape index (κ3) is 16.2. The highest BCUT2D eigenvalue weighted by atomic mass is 16.2. The monoisotopic (exact) mass is 288 g/mol. The standard InChI is InChI=1S/C9H19N5O2.C3H9N/c1-6(3-2-4-13-9(11)12)8(16)14-5-7(10)15;1-2-3-4/h6H,2-5H2,1H3,(H2,10,15)(H,14,16)(H4,11,12,13);2-4H2,1H3/t6-;/m0./s1. The molecule has 0 aliphatic heterocycles. The average molecular weight is 288 g/mol. The van der Waals surface area contributed by atoms with E-state index in [4.69, 9.17) is 22.9 Å². The molecule has 0 aromatic rings. The molecule has 9 N–H and O–H groups in total. The molecular weight excluding hydrogens is 260 g/mol. The molecule has 0 rings (SSSR count). The molecule has 1 atom stereocenters. The third-order valence-corrected chi connectivity index (χ3v) is 2.26. The van der Waals surface area contributed by atoms with Gasteiger partial charge in [-0.25, -0.2) is 0 Å². The maximum Gasteiger partial charge on any atom is 0.236 e. The van der Waals surface area contributed by atoms with E-state index in [1.54, 1.807) is 6.92 Å². The van der Waals surface area contributed by atoms with Crippen LogP contribution in [0.3, 0.4) is 0 Å². The first-order valence-electron chi connectivity index (χ1n) is 6.66. The van der Waals surface area contributed by atoms with Crippen molar-refractivity contribution in [3.8, 4) is 0 Å². The Labute approximate surface area is 120 Å². The van der Waals surface area contributed by atoms with Gasteiger partial charge in [0.05, 0.1) is 6.54 Å². The number of carbonyl (C=O) groups excluding carboxylic acids is 2. The van der Waals surface area contributed by atoms with Crippen LogP contribution in [-0.2, 0) is 9.59 Å². The molecule has 0 spiro atoms. The molecule has 0 heterocycles. The van der Waals surface area contributed by atoms with E-state index in [1.807, 2.05) is 0 Å². The number of guanidine groups is 1. The van der Waals surface area contributed by atoms with Crippen molar-refractivity contribution in [2.45, 2.75) is 33.1 Å². The van der Waals surface area contributed by atoms with Gasteiger partial charge in [-0.3, -0.25) is 14.6 Å². The predicted octanol–water partition coefficient (Wildman–Crippen LogP) is -1.37. The van der Waals surface area contributed by atoms with Crippen LogP contribution in [0.2, 0.25) is 0 Å². The van der Waals surface area contributed by atoms with Gasteiger partial charge in [-0.05, 0) is 25.8 Å². The Bertz CT molecular complexity index is 300. The van der Waals surface area contributed by atoms with E-state index in [0.29, 0.717) is 19.4 Å². The topological polar surface area (TPSA) is 163 Å². The molecule has 0 saturated heterocycles. The number of hydrogen-bond acceptors (Lipinski definition) is 4. The van der Waals surface area contributed by atoms with Crippen molar-refractivity contribution in [2.24, 2.45) is 33.8 Å². The van der Waals surface area contributed by atoms with Gasteiger partial charge < -0.3 is 28.3 Å². The Morgan fingerprint density at radius 3 is 2.20 bits per heavy atom. The Morgan fingerprint density at radius 2 is 1.80 bits per heavy atom. The second kappa shape index (κ2) is 13.6. The molecular formula is C12H28N6O2. The molecule has 0 unspecified atom stereocenters. The zero-order valence-corrected chi connectivity index (χ0v) is 12.4. The highest BCUT2D eigenvalue weighted by molar-refractivity contribution is 5.84. The summed E-state index contributed by atoms with van der Waals surface area (Å²) in [5.41, 5.74) is 20.2. The number of aliphatic imine (C=N–C) groups is 1. The highest BCUT2D eigenvalue weighted by Gasteiger charge is 2.12. The first-order chi connectivity index (χ1) is 9.34. The fraction of sp³-hybridized carbons (Fsp3) is 0.750. The van der Waals surface area contributed by atoms with Crippen LogP contribution in [0.1, 0.15) is 33.1 Å². The van der Waals surface area contributed by atoms with Gasteiger partial charge in [0.2, 0.25) is 11.8 Å². The quantitative estimate of drug-likeness (QED) is 0.211. The molecule has 2 amide bonds. The van der Waals surface area contributed by atoms with Crippen LogP contribution in [0.4, 0.5) is 0 Å².